The number of nitrogens with zero attached hydrogens (tertiary/aromatic N) is 3. The van der Waals surface area contributed by atoms with E-state index in [2.05, 4.69) is 15.5 Å². The molecule has 2 aromatic carbocycles. The topological polar surface area (TPSA) is 93.9 Å². The summed E-state index contributed by atoms with van der Waals surface area (Å²) in [5.41, 5.74) is 3.12. The molecule has 0 aliphatic heterocycles. The number of imidazole rings is 1. The van der Waals surface area contributed by atoms with E-state index in [4.69, 9.17) is 4.74 Å². The predicted molar refractivity (Wildman–Crippen MR) is 132 cm³/mol. The fraction of sp³-hybridized carbons (Fsp3) is 0.346. The number of hydrogen-bond acceptors (Lipinski definition) is 4. The molecule has 1 aliphatic carbocycles. The highest BCUT2D eigenvalue weighted by molar-refractivity contribution is 5.92. The number of aromatic nitrogens is 4. The molecule has 0 unspecified atom stereocenters. The first-order chi connectivity index (χ1) is 16.9. The molecule has 8 nitrogen and oxygen atoms in total. The zero-order valence-electron chi connectivity index (χ0n) is 19.8. The molecule has 0 radical (unpaired) electrons. The highest BCUT2D eigenvalue weighted by Crippen LogP contribution is 2.32. The van der Waals surface area contributed by atoms with Gasteiger partial charge in [0.05, 0.1) is 23.8 Å². The maximum Gasteiger partial charge on any atom is 0.328 e. The molecule has 0 atom stereocenters. The molecule has 35 heavy (non-hydrogen) atoms. The van der Waals surface area contributed by atoms with E-state index in [-0.39, 0.29) is 23.3 Å². The van der Waals surface area contributed by atoms with Crippen LogP contribution in [0.4, 0.5) is 10.2 Å². The van der Waals surface area contributed by atoms with Crippen molar-refractivity contribution in [2.45, 2.75) is 32.2 Å². The van der Waals surface area contributed by atoms with Crippen LogP contribution < -0.4 is 15.7 Å². The Hall–Kier alpha value is -3.88. The van der Waals surface area contributed by atoms with Gasteiger partial charge in [0.25, 0.3) is 0 Å². The molecule has 182 valence electrons. The summed E-state index contributed by atoms with van der Waals surface area (Å²) in [5.74, 6) is 1.13. The molecule has 1 amide bonds. The van der Waals surface area contributed by atoms with Crippen molar-refractivity contribution in [2.24, 2.45) is 18.9 Å². The minimum Gasteiger partial charge on any atom is -0.497 e. The third-order valence-corrected chi connectivity index (χ3v) is 6.99. The van der Waals surface area contributed by atoms with Gasteiger partial charge in [-0.05, 0) is 68.0 Å². The number of amides is 1. The van der Waals surface area contributed by atoms with Gasteiger partial charge < -0.3 is 10.1 Å². The van der Waals surface area contributed by atoms with Crippen molar-refractivity contribution in [1.82, 2.24) is 19.3 Å². The standard InChI is InChI=1S/C26H28FN5O3/c1-31-22-12-11-20(35-2)13-23(22)32(26(31)34)15-16-3-5-18(6-4-16)25(33)28-24-14-21(29-30-24)17-7-9-19(27)10-8-17/h7-14,16,18H,3-6,15H2,1-2H3,(H2,28,29,30,33). The van der Waals surface area contributed by atoms with E-state index in [0.717, 1.165) is 48.0 Å². The summed E-state index contributed by atoms with van der Waals surface area (Å²) >= 11 is 0. The Morgan fingerprint density at radius 2 is 1.86 bits per heavy atom. The number of fused-ring (bicyclic) bond motifs is 1. The number of aryl methyl sites for hydroxylation is 1. The van der Waals surface area contributed by atoms with Crippen LogP contribution in [0.5, 0.6) is 5.75 Å². The second kappa shape index (κ2) is 9.40. The summed E-state index contributed by atoms with van der Waals surface area (Å²) in [6.07, 6.45) is 3.26. The van der Waals surface area contributed by atoms with E-state index < -0.39 is 0 Å². The zero-order valence-corrected chi connectivity index (χ0v) is 19.8. The molecule has 2 aromatic heterocycles. The fourth-order valence-electron chi connectivity index (χ4n) is 4.95. The van der Waals surface area contributed by atoms with Gasteiger partial charge in [0.2, 0.25) is 5.91 Å². The maximum absolute atomic E-state index is 13.1. The van der Waals surface area contributed by atoms with Crippen LogP contribution in [0.1, 0.15) is 25.7 Å². The van der Waals surface area contributed by atoms with Crippen molar-refractivity contribution >= 4 is 22.8 Å². The monoisotopic (exact) mass is 477 g/mol. The van der Waals surface area contributed by atoms with Crippen molar-refractivity contribution in [2.75, 3.05) is 12.4 Å². The van der Waals surface area contributed by atoms with E-state index in [9.17, 15) is 14.0 Å². The first kappa shape index (κ1) is 22.9. The third kappa shape index (κ3) is 4.58. The van der Waals surface area contributed by atoms with Gasteiger partial charge in [-0.2, -0.15) is 5.10 Å². The quantitative estimate of drug-likeness (QED) is 0.432. The SMILES string of the molecule is COc1ccc2c(c1)n(CC1CCC(C(=O)Nc3cc(-c4ccc(F)cc4)n[nH]3)CC1)c(=O)n2C. The number of benzene rings is 2. The van der Waals surface area contributed by atoms with Gasteiger partial charge in [-0.25, -0.2) is 9.18 Å². The van der Waals surface area contributed by atoms with E-state index in [1.165, 1.54) is 12.1 Å². The molecule has 9 heteroatoms. The van der Waals surface area contributed by atoms with Gasteiger partial charge in [0.15, 0.2) is 0 Å². The Morgan fingerprint density at radius 3 is 2.57 bits per heavy atom. The zero-order chi connectivity index (χ0) is 24.5. The molecule has 5 rings (SSSR count). The number of nitrogens with one attached hydrogen (secondary N) is 2. The number of carbonyl (C=O) groups is 1. The lowest BCUT2D eigenvalue weighted by Crippen LogP contribution is -2.31. The number of carbonyl (C=O) groups excluding carboxylic acids is 1. The minimum absolute atomic E-state index is 0.0372. The highest BCUT2D eigenvalue weighted by Gasteiger charge is 2.28. The van der Waals surface area contributed by atoms with Gasteiger partial charge in [-0.3, -0.25) is 19.0 Å². The molecular weight excluding hydrogens is 449 g/mol. The van der Waals surface area contributed by atoms with Crippen LogP contribution in [-0.2, 0) is 18.4 Å². The van der Waals surface area contributed by atoms with Crippen molar-refractivity contribution < 1.29 is 13.9 Å². The van der Waals surface area contributed by atoms with Crippen LogP contribution in [0.3, 0.4) is 0 Å². The van der Waals surface area contributed by atoms with Crippen LogP contribution in [-0.4, -0.2) is 32.3 Å². The number of H-pyrrole nitrogens is 1. The van der Waals surface area contributed by atoms with Gasteiger partial charge in [-0.1, -0.05) is 0 Å². The molecule has 4 aromatic rings. The molecule has 2 heterocycles. The van der Waals surface area contributed by atoms with Gasteiger partial charge in [0.1, 0.15) is 17.4 Å². The van der Waals surface area contributed by atoms with Crippen LogP contribution in [0.2, 0.25) is 0 Å². The lowest BCUT2D eigenvalue weighted by molar-refractivity contribution is -0.121. The smallest absolute Gasteiger partial charge is 0.328 e. The normalized spacial score (nSPS) is 18.0. The number of halogens is 1. The van der Waals surface area contributed by atoms with Crippen molar-refractivity contribution in [3.8, 4) is 17.0 Å². The molecule has 0 bridgehead atoms. The van der Waals surface area contributed by atoms with Gasteiger partial charge in [0, 0.05) is 37.2 Å². The van der Waals surface area contributed by atoms with Crippen molar-refractivity contribution in [3.05, 3.63) is 64.8 Å². The molecular formula is C26H28FN5O3. The van der Waals surface area contributed by atoms with E-state index in [1.807, 2.05) is 22.8 Å². The van der Waals surface area contributed by atoms with Crippen LogP contribution >= 0.6 is 0 Å². The van der Waals surface area contributed by atoms with Crippen LogP contribution in [0.25, 0.3) is 22.3 Å². The molecule has 0 spiro atoms. The molecule has 0 saturated heterocycles. The van der Waals surface area contributed by atoms with Gasteiger partial charge in [-0.15, -0.1) is 0 Å². The van der Waals surface area contributed by atoms with Crippen LogP contribution in [0, 0.1) is 17.7 Å². The van der Waals surface area contributed by atoms with E-state index in [0.29, 0.717) is 24.0 Å². The molecule has 1 saturated carbocycles. The Labute approximate surface area is 201 Å². The summed E-state index contributed by atoms with van der Waals surface area (Å²) in [7, 11) is 3.40. The molecule has 1 fully saturated rings. The first-order valence-corrected chi connectivity index (χ1v) is 11.8. The lowest BCUT2D eigenvalue weighted by atomic mass is 9.81. The summed E-state index contributed by atoms with van der Waals surface area (Å²) in [4.78, 5) is 25.7. The number of rotatable bonds is 6. The number of anilines is 1. The van der Waals surface area contributed by atoms with E-state index >= 15 is 0 Å². The third-order valence-electron chi connectivity index (χ3n) is 6.99. The Morgan fingerprint density at radius 1 is 1.11 bits per heavy atom. The number of aromatic amines is 1. The van der Waals surface area contributed by atoms with Gasteiger partial charge >= 0.3 is 5.69 Å². The number of ether oxygens (including phenoxy) is 1. The average Bonchev–Trinajstić information content (AvgIpc) is 3.43. The second-order valence-corrected chi connectivity index (χ2v) is 9.19. The summed E-state index contributed by atoms with van der Waals surface area (Å²) < 4.78 is 22.0. The second-order valence-electron chi connectivity index (χ2n) is 9.19. The fourth-order valence-corrected chi connectivity index (χ4v) is 4.95. The lowest BCUT2D eigenvalue weighted by Gasteiger charge is -2.27. The van der Waals surface area contributed by atoms with E-state index in [1.54, 1.807) is 36.9 Å². The largest absolute Gasteiger partial charge is 0.497 e. The van der Waals surface area contributed by atoms with Crippen LogP contribution in [0.15, 0.2) is 53.3 Å². The van der Waals surface area contributed by atoms with Crippen molar-refractivity contribution in [3.63, 3.8) is 0 Å². The Bertz CT molecular complexity index is 1410. The first-order valence-electron chi connectivity index (χ1n) is 11.8. The summed E-state index contributed by atoms with van der Waals surface area (Å²) in [5, 5.41) is 9.98. The summed E-state index contributed by atoms with van der Waals surface area (Å²) in [6.45, 7) is 0.624. The Balaban J connectivity index is 1.20. The number of hydrogen-bond donors (Lipinski definition) is 2. The highest BCUT2D eigenvalue weighted by atomic mass is 19.1. The molecule has 2 N–H and O–H groups in total. The van der Waals surface area contributed by atoms with Crippen molar-refractivity contribution in [1.29, 1.82) is 0 Å². The minimum atomic E-state index is -0.307. The Kier molecular flexibility index (Phi) is 6.15. The maximum atomic E-state index is 13.1. The predicted octanol–water partition coefficient (Wildman–Crippen LogP) is 4.32. The average molecular weight is 478 g/mol. The number of methoxy groups -OCH3 is 1. The molecule has 1 aliphatic rings. The summed E-state index contributed by atoms with van der Waals surface area (Å²) in [6, 6.07) is 13.5.